The molecule has 0 fully saturated rings. The molecule has 1 unspecified atom stereocenters. The summed E-state index contributed by atoms with van der Waals surface area (Å²) >= 11 is 0. The lowest BCUT2D eigenvalue weighted by Gasteiger charge is -2.12. The van der Waals surface area contributed by atoms with Crippen LogP contribution in [0.15, 0.2) is 24.5 Å². The van der Waals surface area contributed by atoms with Crippen LogP contribution in [0, 0.1) is 5.92 Å². The second-order valence-electron chi connectivity index (χ2n) is 4.48. The zero-order chi connectivity index (χ0) is 11.4. The summed E-state index contributed by atoms with van der Waals surface area (Å²) < 4.78 is 0. The molecular weight excluding hydrogens is 196 g/mol. The summed E-state index contributed by atoms with van der Waals surface area (Å²) in [5, 5.41) is 0. The average Bonchev–Trinajstić information content (AvgIpc) is 2.72. The number of rotatable bonds is 5. The number of hydrogen-bond donors (Lipinski definition) is 1. The van der Waals surface area contributed by atoms with E-state index >= 15 is 0 Å². The van der Waals surface area contributed by atoms with Gasteiger partial charge in [-0.1, -0.05) is 33.1 Å². The number of pyridine rings is 1. The number of nitrogens with zero attached hydrogens (tertiary/aromatic N) is 1. The molecule has 2 aromatic heterocycles. The van der Waals surface area contributed by atoms with E-state index in [9.17, 15) is 0 Å². The number of aromatic amines is 1. The van der Waals surface area contributed by atoms with Crippen molar-refractivity contribution < 1.29 is 0 Å². The fourth-order valence-electron chi connectivity index (χ4n) is 2.34. The molecule has 2 aromatic rings. The Kier molecular flexibility index (Phi) is 3.60. The van der Waals surface area contributed by atoms with Gasteiger partial charge >= 0.3 is 0 Å². The molecule has 0 saturated heterocycles. The maximum atomic E-state index is 4.46. The maximum absolute atomic E-state index is 4.46. The minimum atomic E-state index is 0.797. The topological polar surface area (TPSA) is 28.7 Å². The van der Waals surface area contributed by atoms with Crippen molar-refractivity contribution >= 4 is 11.0 Å². The van der Waals surface area contributed by atoms with Crippen LogP contribution in [0.5, 0.6) is 0 Å². The largest absolute Gasteiger partial charge is 0.360 e. The first-order valence-electron chi connectivity index (χ1n) is 6.26. The lowest BCUT2D eigenvalue weighted by atomic mass is 9.93. The molecular formula is C14H20N2. The van der Waals surface area contributed by atoms with Gasteiger partial charge in [-0.05, 0) is 30.0 Å². The molecule has 1 N–H and O–H groups in total. The molecule has 0 aliphatic rings. The van der Waals surface area contributed by atoms with Crippen LogP contribution in [0.25, 0.3) is 11.0 Å². The van der Waals surface area contributed by atoms with Crippen LogP contribution in [0.1, 0.15) is 38.7 Å². The molecule has 0 aromatic carbocycles. The van der Waals surface area contributed by atoms with Crippen molar-refractivity contribution in [2.75, 3.05) is 0 Å². The van der Waals surface area contributed by atoms with Crippen molar-refractivity contribution in [3.8, 4) is 0 Å². The Balaban J connectivity index is 2.20. The summed E-state index contributed by atoms with van der Waals surface area (Å²) in [6.45, 7) is 4.54. The van der Waals surface area contributed by atoms with E-state index < -0.39 is 0 Å². The standard InChI is InChI=1S/C14H20N2/c1-3-6-11(4-2)9-12-10-16-13-7-5-8-15-14(12)13/h5,7-8,10-11,16H,3-4,6,9H2,1-2H3. The van der Waals surface area contributed by atoms with Crippen LogP contribution in [-0.2, 0) is 6.42 Å². The van der Waals surface area contributed by atoms with Gasteiger partial charge in [-0.25, -0.2) is 0 Å². The zero-order valence-corrected chi connectivity index (χ0v) is 10.2. The van der Waals surface area contributed by atoms with Crippen molar-refractivity contribution in [2.24, 2.45) is 5.92 Å². The van der Waals surface area contributed by atoms with Gasteiger partial charge in [-0.2, -0.15) is 0 Å². The molecule has 0 bridgehead atoms. The van der Waals surface area contributed by atoms with E-state index in [-0.39, 0.29) is 0 Å². The molecule has 1 atom stereocenters. The smallest absolute Gasteiger partial charge is 0.0910 e. The first-order valence-corrected chi connectivity index (χ1v) is 6.26. The SMILES string of the molecule is CCCC(CC)Cc1c[nH]c2cccnc12. The van der Waals surface area contributed by atoms with E-state index in [1.807, 2.05) is 12.3 Å². The summed E-state index contributed by atoms with van der Waals surface area (Å²) in [5.41, 5.74) is 3.68. The number of fused-ring (bicyclic) bond motifs is 1. The Bertz CT molecular complexity index is 445. The summed E-state index contributed by atoms with van der Waals surface area (Å²) in [6.07, 6.45) is 9.00. The Morgan fingerprint density at radius 1 is 1.38 bits per heavy atom. The highest BCUT2D eigenvalue weighted by Crippen LogP contribution is 2.22. The molecule has 0 spiro atoms. The zero-order valence-electron chi connectivity index (χ0n) is 10.2. The second kappa shape index (κ2) is 5.15. The second-order valence-corrected chi connectivity index (χ2v) is 4.48. The van der Waals surface area contributed by atoms with Crippen molar-refractivity contribution in [1.29, 1.82) is 0 Å². The van der Waals surface area contributed by atoms with Gasteiger partial charge in [-0.15, -0.1) is 0 Å². The van der Waals surface area contributed by atoms with Crippen LogP contribution in [0.2, 0.25) is 0 Å². The number of nitrogens with one attached hydrogen (secondary N) is 1. The molecule has 2 heteroatoms. The van der Waals surface area contributed by atoms with Gasteiger partial charge in [0.15, 0.2) is 0 Å². The third-order valence-corrected chi connectivity index (χ3v) is 3.30. The van der Waals surface area contributed by atoms with E-state index in [2.05, 4.69) is 36.1 Å². The Morgan fingerprint density at radius 3 is 3.00 bits per heavy atom. The summed E-state index contributed by atoms with van der Waals surface area (Å²) in [4.78, 5) is 7.75. The summed E-state index contributed by atoms with van der Waals surface area (Å²) in [7, 11) is 0. The normalized spacial score (nSPS) is 13.1. The first kappa shape index (κ1) is 11.2. The average molecular weight is 216 g/mol. The molecule has 2 heterocycles. The summed E-state index contributed by atoms with van der Waals surface area (Å²) in [5.74, 6) is 0.797. The van der Waals surface area contributed by atoms with Crippen molar-refractivity contribution in [2.45, 2.75) is 39.5 Å². The Hall–Kier alpha value is -1.31. The van der Waals surface area contributed by atoms with Crippen molar-refractivity contribution in [3.05, 3.63) is 30.1 Å². The molecule has 0 aliphatic heterocycles. The Morgan fingerprint density at radius 2 is 2.25 bits per heavy atom. The molecule has 0 amide bonds. The van der Waals surface area contributed by atoms with Crippen molar-refractivity contribution in [3.63, 3.8) is 0 Å². The third kappa shape index (κ3) is 2.26. The van der Waals surface area contributed by atoms with E-state index in [4.69, 9.17) is 0 Å². The molecule has 0 radical (unpaired) electrons. The highest BCUT2D eigenvalue weighted by molar-refractivity contribution is 5.78. The monoisotopic (exact) mass is 216 g/mol. The molecule has 16 heavy (non-hydrogen) atoms. The fraction of sp³-hybridized carbons (Fsp3) is 0.500. The lowest BCUT2D eigenvalue weighted by Crippen LogP contribution is -2.02. The number of aromatic nitrogens is 2. The van der Waals surface area contributed by atoms with Crippen LogP contribution < -0.4 is 0 Å². The van der Waals surface area contributed by atoms with Crippen LogP contribution in [0.4, 0.5) is 0 Å². The summed E-state index contributed by atoms with van der Waals surface area (Å²) in [6, 6.07) is 4.07. The van der Waals surface area contributed by atoms with Crippen LogP contribution in [0.3, 0.4) is 0 Å². The van der Waals surface area contributed by atoms with Gasteiger partial charge in [0.25, 0.3) is 0 Å². The molecule has 86 valence electrons. The molecule has 0 aliphatic carbocycles. The highest BCUT2D eigenvalue weighted by atomic mass is 14.8. The van der Waals surface area contributed by atoms with Crippen LogP contribution in [-0.4, -0.2) is 9.97 Å². The van der Waals surface area contributed by atoms with Gasteiger partial charge in [0.1, 0.15) is 0 Å². The predicted octanol–water partition coefficient (Wildman–Crippen LogP) is 3.93. The molecule has 2 rings (SSSR count). The van der Waals surface area contributed by atoms with E-state index in [1.165, 1.54) is 24.8 Å². The highest BCUT2D eigenvalue weighted by Gasteiger charge is 2.10. The molecule has 0 saturated carbocycles. The van der Waals surface area contributed by atoms with Gasteiger partial charge in [0, 0.05) is 12.4 Å². The number of hydrogen-bond acceptors (Lipinski definition) is 1. The van der Waals surface area contributed by atoms with E-state index in [1.54, 1.807) is 0 Å². The van der Waals surface area contributed by atoms with Gasteiger partial charge in [0.05, 0.1) is 11.0 Å². The fourth-order valence-corrected chi connectivity index (χ4v) is 2.34. The van der Waals surface area contributed by atoms with Gasteiger partial charge in [-0.3, -0.25) is 4.98 Å². The number of H-pyrrole nitrogens is 1. The quantitative estimate of drug-likeness (QED) is 0.806. The Labute approximate surface area is 97.1 Å². The third-order valence-electron chi connectivity index (χ3n) is 3.30. The van der Waals surface area contributed by atoms with Crippen molar-refractivity contribution in [1.82, 2.24) is 9.97 Å². The van der Waals surface area contributed by atoms with Crippen LogP contribution >= 0.6 is 0 Å². The predicted molar refractivity (Wildman–Crippen MR) is 68.5 cm³/mol. The molecule has 2 nitrogen and oxygen atoms in total. The first-order chi connectivity index (χ1) is 7.85. The minimum absolute atomic E-state index is 0.797. The van der Waals surface area contributed by atoms with Gasteiger partial charge < -0.3 is 4.98 Å². The maximum Gasteiger partial charge on any atom is 0.0910 e. The van der Waals surface area contributed by atoms with E-state index in [0.717, 1.165) is 23.4 Å². The van der Waals surface area contributed by atoms with Gasteiger partial charge in [0.2, 0.25) is 0 Å². The minimum Gasteiger partial charge on any atom is -0.360 e. The lowest BCUT2D eigenvalue weighted by molar-refractivity contribution is 0.463. The van der Waals surface area contributed by atoms with E-state index in [0.29, 0.717) is 0 Å².